The summed E-state index contributed by atoms with van der Waals surface area (Å²) in [7, 11) is 3.19. The molecule has 0 unspecified atom stereocenters. The quantitative estimate of drug-likeness (QED) is 0.268. The molecule has 0 saturated heterocycles. The Hall–Kier alpha value is -4.17. The van der Waals surface area contributed by atoms with Crippen LogP contribution in [0.2, 0.25) is 0 Å². The van der Waals surface area contributed by atoms with Gasteiger partial charge < -0.3 is 14.8 Å². The van der Waals surface area contributed by atoms with E-state index in [0.717, 1.165) is 22.5 Å². The molecule has 4 aromatic rings. The van der Waals surface area contributed by atoms with E-state index in [0.29, 0.717) is 22.2 Å². The minimum atomic E-state index is -0.143. The van der Waals surface area contributed by atoms with Gasteiger partial charge in [0.1, 0.15) is 0 Å². The van der Waals surface area contributed by atoms with Gasteiger partial charge in [0.05, 0.1) is 26.1 Å². The van der Waals surface area contributed by atoms with Crippen molar-refractivity contribution in [1.82, 2.24) is 4.98 Å². The number of anilines is 2. The average molecular weight is 459 g/mol. The Morgan fingerprint density at radius 2 is 1.73 bits per heavy atom. The van der Waals surface area contributed by atoms with E-state index in [-0.39, 0.29) is 5.91 Å². The maximum absolute atomic E-state index is 12.3. The van der Waals surface area contributed by atoms with Gasteiger partial charge in [0.25, 0.3) is 5.91 Å². The fourth-order valence-electron chi connectivity index (χ4n) is 3.07. The zero-order valence-electron chi connectivity index (χ0n) is 18.1. The number of hydrogen-bond acceptors (Lipinski definition) is 7. The van der Waals surface area contributed by atoms with Crippen LogP contribution in [0.4, 0.5) is 10.8 Å². The number of methoxy groups -OCH3 is 2. The van der Waals surface area contributed by atoms with Crippen molar-refractivity contribution in [2.24, 2.45) is 5.10 Å². The van der Waals surface area contributed by atoms with Gasteiger partial charge in [-0.15, -0.1) is 11.3 Å². The van der Waals surface area contributed by atoms with Crippen LogP contribution < -0.4 is 20.2 Å². The van der Waals surface area contributed by atoms with Crippen molar-refractivity contribution in [3.63, 3.8) is 0 Å². The summed E-state index contributed by atoms with van der Waals surface area (Å²) >= 11 is 1.45. The number of ether oxygens (including phenoxy) is 2. The Labute approximate surface area is 195 Å². The fourth-order valence-corrected chi connectivity index (χ4v) is 3.74. The summed E-state index contributed by atoms with van der Waals surface area (Å²) in [6, 6.07) is 22.2. The smallest absolute Gasteiger partial charge is 0.255 e. The van der Waals surface area contributed by atoms with Gasteiger partial charge in [-0.3, -0.25) is 10.2 Å². The molecule has 4 rings (SSSR count). The number of hydrazone groups is 1. The lowest BCUT2D eigenvalue weighted by molar-refractivity contribution is 0.102. The number of rotatable bonds is 8. The van der Waals surface area contributed by atoms with Gasteiger partial charge in [0.2, 0.25) is 5.13 Å². The number of nitrogens with zero attached hydrogens (tertiary/aromatic N) is 2. The molecule has 166 valence electrons. The SMILES string of the molecule is COc1ccc(/C=N\Nc2nc(-c3ccc(NC(=O)c4ccccc4)cc3)cs2)cc1OC. The number of amides is 1. The third-order valence-corrected chi connectivity index (χ3v) is 5.51. The Kier molecular flexibility index (Phi) is 6.96. The van der Waals surface area contributed by atoms with Crippen LogP contribution in [0.3, 0.4) is 0 Å². The Bertz CT molecular complexity index is 1250. The zero-order valence-corrected chi connectivity index (χ0v) is 18.9. The van der Waals surface area contributed by atoms with Crippen LogP contribution in [0, 0.1) is 0 Å². The molecule has 3 aromatic carbocycles. The Morgan fingerprint density at radius 1 is 0.970 bits per heavy atom. The molecule has 0 radical (unpaired) electrons. The number of hydrogen-bond donors (Lipinski definition) is 2. The summed E-state index contributed by atoms with van der Waals surface area (Å²) in [5.41, 5.74) is 6.93. The van der Waals surface area contributed by atoms with Crippen molar-refractivity contribution < 1.29 is 14.3 Å². The van der Waals surface area contributed by atoms with E-state index in [4.69, 9.17) is 9.47 Å². The third-order valence-electron chi connectivity index (χ3n) is 4.76. The fraction of sp³-hybridized carbons (Fsp3) is 0.0800. The number of nitrogens with one attached hydrogen (secondary N) is 2. The molecule has 7 nitrogen and oxygen atoms in total. The molecule has 1 heterocycles. The molecule has 2 N–H and O–H groups in total. The predicted octanol–water partition coefficient (Wildman–Crippen LogP) is 5.53. The molecular formula is C25H22N4O3S. The molecule has 0 fully saturated rings. The normalized spacial score (nSPS) is 10.7. The average Bonchev–Trinajstić information content (AvgIpc) is 3.34. The van der Waals surface area contributed by atoms with Crippen LogP contribution in [-0.4, -0.2) is 31.3 Å². The van der Waals surface area contributed by atoms with Crippen LogP contribution in [0.5, 0.6) is 11.5 Å². The van der Waals surface area contributed by atoms with E-state index in [1.165, 1.54) is 11.3 Å². The summed E-state index contributed by atoms with van der Waals surface area (Å²) in [4.78, 5) is 16.9. The van der Waals surface area contributed by atoms with E-state index in [9.17, 15) is 4.79 Å². The maximum Gasteiger partial charge on any atom is 0.255 e. The second-order valence-electron chi connectivity index (χ2n) is 6.92. The Morgan fingerprint density at radius 3 is 2.45 bits per heavy atom. The first-order chi connectivity index (χ1) is 16.2. The first-order valence-electron chi connectivity index (χ1n) is 10.1. The monoisotopic (exact) mass is 458 g/mol. The van der Waals surface area contributed by atoms with E-state index >= 15 is 0 Å². The highest BCUT2D eigenvalue weighted by molar-refractivity contribution is 7.14. The Balaban J connectivity index is 1.37. The topological polar surface area (TPSA) is 84.8 Å². The van der Waals surface area contributed by atoms with Crippen LogP contribution in [-0.2, 0) is 0 Å². The summed E-state index contributed by atoms with van der Waals surface area (Å²) in [5, 5.41) is 9.77. The van der Waals surface area contributed by atoms with Gasteiger partial charge in [-0.2, -0.15) is 5.10 Å². The molecule has 33 heavy (non-hydrogen) atoms. The minimum Gasteiger partial charge on any atom is -0.493 e. The molecule has 0 atom stereocenters. The lowest BCUT2D eigenvalue weighted by Crippen LogP contribution is -2.11. The summed E-state index contributed by atoms with van der Waals surface area (Å²) < 4.78 is 10.5. The van der Waals surface area contributed by atoms with Crippen LogP contribution >= 0.6 is 11.3 Å². The molecule has 1 amide bonds. The third kappa shape index (κ3) is 5.55. The van der Waals surface area contributed by atoms with E-state index in [1.54, 1.807) is 32.6 Å². The van der Waals surface area contributed by atoms with Gasteiger partial charge >= 0.3 is 0 Å². The van der Waals surface area contributed by atoms with Gasteiger partial charge in [0, 0.05) is 22.2 Å². The minimum absolute atomic E-state index is 0.143. The van der Waals surface area contributed by atoms with Gasteiger partial charge in [-0.05, 0) is 48.0 Å². The molecule has 1 aromatic heterocycles. The van der Waals surface area contributed by atoms with Crippen molar-refractivity contribution >= 4 is 34.3 Å². The molecule has 0 bridgehead atoms. The van der Waals surface area contributed by atoms with Crippen LogP contribution in [0.25, 0.3) is 11.3 Å². The maximum atomic E-state index is 12.3. The predicted molar refractivity (Wildman–Crippen MR) is 133 cm³/mol. The highest BCUT2D eigenvalue weighted by Gasteiger charge is 2.08. The van der Waals surface area contributed by atoms with Gasteiger partial charge in [-0.25, -0.2) is 4.98 Å². The summed E-state index contributed by atoms with van der Waals surface area (Å²) in [6.45, 7) is 0. The van der Waals surface area contributed by atoms with E-state index < -0.39 is 0 Å². The zero-order chi connectivity index (χ0) is 23.0. The molecule has 0 aliphatic rings. The largest absolute Gasteiger partial charge is 0.493 e. The number of aromatic nitrogens is 1. The molecule has 0 spiro atoms. The number of carbonyl (C=O) groups excluding carboxylic acids is 1. The number of benzene rings is 3. The second kappa shape index (κ2) is 10.4. The molecule has 0 aliphatic carbocycles. The van der Waals surface area contributed by atoms with Crippen molar-refractivity contribution in [2.45, 2.75) is 0 Å². The first kappa shape index (κ1) is 22.0. The lowest BCUT2D eigenvalue weighted by atomic mass is 10.1. The van der Waals surface area contributed by atoms with Gasteiger partial charge in [-0.1, -0.05) is 30.3 Å². The summed E-state index contributed by atoms with van der Waals surface area (Å²) in [6.07, 6.45) is 1.69. The van der Waals surface area contributed by atoms with E-state index in [1.807, 2.05) is 66.0 Å². The van der Waals surface area contributed by atoms with Crippen molar-refractivity contribution in [2.75, 3.05) is 25.0 Å². The van der Waals surface area contributed by atoms with E-state index in [2.05, 4.69) is 20.8 Å². The molecular weight excluding hydrogens is 436 g/mol. The standard InChI is InChI=1S/C25H22N4O3S/c1-31-22-13-8-17(14-23(22)32-2)15-26-29-25-28-21(16-33-25)18-9-11-20(12-10-18)27-24(30)19-6-4-3-5-7-19/h3-16H,1-2H3,(H,27,30)(H,28,29)/b26-15-. The molecule has 0 saturated carbocycles. The first-order valence-corrected chi connectivity index (χ1v) is 11.0. The van der Waals surface area contributed by atoms with Crippen LogP contribution in [0.15, 0.2) is 83.3 Å². The van der Waals surface area contributed by atoms with Crippen LogP contribution in [0.1, 0.15) is 15.9 Å². The van der Waals surface area contributed by atoms with Crippen molar-refractivity contribution in [3.8, 4) is 22.8 Å². The van der Waals surface area contributed by atoms with Crippen molar-refractivity contribution in [1.29, 1.82) is 0 Å². The summed E-state index contributed by atoms with van der Waals surface area (Å²) in [5.74, 6) is 1.16. The molecule has 0 aliphatic heterocycles. The highest BCUT2D eigenvalue weighted by Crippen LogP contribution is 2.28. The number of carbonyl (C=O) groups is 1. The second-order valence-corrected chi connectivity index (χ2v) is 7.78. The van der Waals surface area contributed by atoms with Crippen molar-refractivity contribution in [3.05, 3.63) is 89.3 Å². The highest BCUT2D eigenvalue weighted by atomic mass is 32.1. The molecule has 8 heteroatoms. The number of thiazole rings is 1. The lowest BCUT2D eigenvalue weighted by Gasteiger charge is -2.07. The van der Waals surface area contributed by atoms with Gasteiger partial charge in [0.15, 0.2) is 11.5 Å².